The molecule has 88 valence electrons. The van der Waals surface area contributed by atoms with Gasteiger partial charge >= 0.3 is 0 Å². The fraction of sp³-hybridized carbons (Fsp3) is 1.00. The maximum Gasteiger partial charge on any atom is 0.0130 e. The lowest BCUT2D eigenvalue weighted by molar-refractivity contribution is 0.0603. The second kappa shape index (κ2) is 4.45. The molecule has 1 aliphatic heterocycles. The van der Waals surface area contributed by atoms with Gasteiger partial charge in [0.15, 0.2) is 0 Å². The Morgan fingerprint density at radius 3 is 2.00 bits per heavy atom. The number of nitrogens with zero attached hydrogens (tertiary/aromatic N) is 1. The summed E-state index contributed by atoms with van der Waals surface area (Å²) in [6.45, 7) is 9.55. The predicted octanol–water partition coefficient (Wildman–Crippen LogP) is 3.68. The third-order valence-electron chi connectivity index (χ3n) is 4.58. The maximum atomic E-state index is 2.84. The summed E-state index contributed by atoms with van der Waals surface area (Å²) in [6, 6.07) is 2.52. The van der Waals surface area contributed by atoms with E-state index in [9.17, 15) is 0 Å². The molecular formula is C14H27N. The molecular weight excluding hydrogens is 182 g/mol. The Morgan fingerprint density at radius 1 is 0.933 bits per heavy atom. The molecule has 2 unspecified atom stereocenters. The summed E-state index contributed by atoms with van der Waals surface area (Å²) in [7, 11) is 0. The third-order valence-corrected chi connectivity index (χ3v) is 4.58. The summed E-state index contributed by atoms with van der Waals surface area (Å²) in [6.07, 6.45) is 7.39. The summed E-state index contributed by atoms with van der Waals surface area (Å²) >= 11 is 0. The Balaban J connectivity index is 2.05. The van der Waals surface area contributed by atoms with Crippen molar-refractivity contribution in [3.8, 4) is 0 Å². The van der Waals surface area contributed by atoms with Gasteiger partial charge in [0.1, 0.15) is 0 Å². The molecule has 0 N–H and O–H groups in total. The van der Waals surface area contributed by atoms with Gasteiger partial charge in [-0.15, -0.1) is 0 Å². The van der Waals surface area contributed by atoms with Crippen molar-refractivity contribution in [2.24, 2.45) is 11.8 Å². The Kier molecular flexibility index (Phi) is 3.39. The van der Waals surface area contributed by atoms with E-state index in [1.54, 1.807) is 0 Å². The molecule has 0 amide bonds. The Bertz CT molecular complexity index is 205. The molecule has 2 rings (SSSR count). The zero-order valence-electron chi connectivity index (χ0n) is 10.9. The number of likely N-dealkylation sites (tertiary alicyclic amines) is 1. The zero-order chi connectivity index (χ0) is 11.0. The molecule has 1 heteroatoms. The van der Waals surface area contributed by atoms with E-state index in [4.69, 9.17) is 0 Å². The van der Waals surface area contributed by atoms with Gasteiger partial charge in [-0.3, -0.25) is 4.90 Å². The lowest BCUT2D eigenvalue weighted by atomic mass is 9.78. The molecule has 0 aromatic heterocycles. The van der Waals surface area contributed by atoms with E-state index in [1.165, 1.54) is 32.1 Å². The summed E-state index contributed by atoms with van der Waals surface area (Å²) in [5, 5.41) is 0. The largest absolute Gasteiger partial charge is 0.295 e. The molecule has 2 aliphatic rings. The fourth-order valence-electron chi connectivity index (χ4n) is 3.63. The Morgan fingerprint density at radius 2 is 1.60 bits per heavy atom. The molecule has 0 aromatic rings. The summed E-state index contributed by atoms with van der Waals surface area (Å²) in [5.41, 5.74) is 0. The van der Waals surface area contributed by atoms with E-state index in [0.717, 1.165) is 30.0 Å². The summed E-state index contributed by atoms with van der Waals surface area (Å²) < 4.78 is 0. The van der Waals surface area contributed by atoms with Crippen LogP contribution in [0.3, 0.4) is 0 Å². The average molecular weight is 209 g/mol. The second-order valence-electron chi connectivity index (χ2n) is 6.19. The van der Waals surface area contributed by atoms with Crippen LogP contribution in [-0.2, 0) is 0 Å². The molecule has 1 saturated heterocycles. The van der Waals surface area contributed by atoms with Gasteiger partial charge in [0.05, 0.1) is 0 Å². The fourth-order valence-corrected chi connectivity index (χ4v) is 3.63. The smallest absolute Gasteiger partial charge is 0.0130 e. The van der Waals surface area contributed by atoms with Gasteiger partial charge in [0, 0.05) is 18.1 Å². The van der Waals surface area contributed by atoms with Gasteiger partial charge in [-0.2, -0.15) is 0 Å². The Labute approximate surface area is 95.2 Å². The first-order valence-corrected chi connectivity index (χ1v) is 6.88. The first kappa shape index (κ1) is 11.4. The molecule has 1 aliphatic carbocycles. The SMILES string of the molecule is CC(C)C1CCC(C2CCC2)N1C(C)C. The summed E-state index contributed by atoms with van der Waals surface area (Å²) in [5.74, 6) is 1.87. The first-order valence-electron chi connectivity index (χ1n) is 6.88. The van der Waals surface area contributed by atoms with Crippen LogP contribution in [0.4, 0.5) is 0 Å². The van der Waals surface area contributed by atoms with Crippen LogP contribution in [0.2, 0.25) is 0 Å². The molecule has 2 atom stereocenters. The molecule has 0 radical (unpaired) electrons. The van der Waals surface area contributed by atoms with Crippen LogP contribution >= 0.6 is 0 Å². The van der Waals surface area contributed by atoms with Crippen molar-refractivity contribution in [1.29, 1.82) is 0 Å². The molecule has 1 heterocycles. The van der Waals surface area contributed by atoms with E-state index in [0.29, 0.717) is 0 Å². The van der Waals surface area contributed by atoms with E-state index >= 15 is 0 Å². The van der Waals surface area contributed by atoms with E-state index < -0.39 is 0 Å². The Hall–Kier alpha value is -0.0400. The third kappa shape index (κ3) is 2.08. The van der Waals surface area contributed by atoms with Crippen molar-refractivity contribution in [3.63, 3.8) is 0 Å². The highest BCUT2D eigenvalue weighted by Gasteiger charge is 2.41. The average Bonchev–Trinajstić information content (AvgIpc) is 2.45. The van der Waals surface area contributed by atoms with Crippen molar-refractivity contribution in [1.82, 2.24) is 4.90 Å². The molecule has 1 saturated carbocycles. The second-order valence-corrected chi connectivity index (χ2v) is 6.19. The van der Waals surface area contributed by atoms with Crippen LogP contribution in [0, 0.1) is 11.8 Å². The zero-order valence-corrected chi connectivity index (χ0v) is 10.9. The number of hydrogen-bond acceptors (Lipinski definition) is 1. The van der Waals surface area contributed by atoms with Crippen molar-refractivity contribution >= 4 is 0 Å². The number of hydrogen-bond donors (Lipinski definition) is 0. The van der Waals surface area contributed by atoms with Gasteiger partial charge in [-0.05, 0) is 51.4 Å². The van der Waals surface area contributed by atoms with Crippen molar-refractivity contribution < 1.29 is 0 Å². The lowest BCUT2D eigenvalue weighted by Gasteiger charge is -2.42. The lowest BCUT2D eigenvalue weighted by Crippen LogP contribution is -2.47. The van der Waals surface area contributed by atoms with Crippen molar-refractivity contribution in [3.05, 3.63) is 0 Å². The van der Waals surface area contributed by atoms with Crippen molar-refractivity contribution in [2.45, 2.75) is 77.9 Å². The van der Waals surface area contributed by atoms with Gasteiger partial charge in [0.25, 0.3) is 0 Å². The van der Waals surface area contributed by atoms with Crippen LogP contribution in [0.15, 0.2) is 0 Å². The monoisotopic (exact) mass is 209 g/mol. The van der Waals surface area contributed by atoms with E-state index in [2.05, 4.69) is 32.6 Å². The van der Waals surface area contributed by atoms with Crippen molar-refractivity contribution in [2.75, 3.05) is 0 Å². The topological polar surface area (TPSA) is 3.24 Å². The van der Waals surface area contributed by atoms with Gasteiger partial charge in [0.2, 0.25) is 0 Å². The maximum absolute atomic E-state index is 2.84. The van der Waals surface area contributed by atoms with Crippen LogP contribution < -0.4 is 0 Å². The van der Waals surface area contributed by atoms with Crippen LogP contribution in [0.5, 0.6) is 0 Å². The highest BCUT2D eigenvalue weighted by Crippen LogP contribution is 2.41. The van der Waals surface area contributed by atoms with Crippen LogP contribution in [-0.4, -0.2) is 23.0 Å². The minimum atomic E-state index is 0.741. The van der Waals surface area contributed by atoms with Crippen LogP contribution in [0.1, 0.15) is 59.8 Å². The van der Waals surface area contributed by atoms with Gasteiger partial charge in [-0.1, -0.05) is 20.3 Å². The molecule has 0 spiro atoms. The first-order chi connectivity index (χ1) is 7.11. The molecule has 0 bridgehead atoms. The number of rotatable bonds is 3. The highest BCUT2D eigenvalue weighted by molar-refractivity contribution is 4.96. The molecule has 15 heavy (non-hydrogen) atoms. The highest BCUT2D eigenvalue weighted by atomic mass is 15.2. The van der Waals surface area contributed by atoms with Crippen LogP contribution in [0.25, 0.3) is 0 Å². The van der Waals surface area contributed by atoms with Gasteiger partial charge in [-0.25, -0.2) is 0 Å². The minimum absolute atomic E-state index is 0.741. The van der Waals surface area contributed by atoms with Gasteiger partial charge < -0.3 is 0 Å². The summed E-state index contributed by atoms with van der Waals surface area (Å²) in [4.78, 5) is 2.84. The molecule has 1 nitrogen and oxygen atoms in total. The predicted molar refractivity (Wildman–Crippen MR) is 66.0 cm³/mol. The normalized spacial score (nSPS) is 34.0. The quantitative estimate of drug-likeness (QED) is 0.685. The molecule has 0 aromatic carbocycles. The molecule has 2 fully saturated rings. The van der Waals surface area contributed by atoms with E-state index in [1.807, 2.05) is 0 Å². The standard InChI is InChI=1S/C14H27N/c1-10(2)13-8-9-14(12-6-5-7-12)15(13)11(3)4/h10-14H,5-9H2,1-4H3. The minimum Gasteiger partial charge on any atom is -0.295 e. The van der Waals surface area contributed by atoms with E-state index in [-0.39, 0.29) is 0 Å².